The molecule has 0 aliphatic carbocycles. The Bertz CT molecular complexity index is 885. The predicted molar refractivity (Wildman–Crippen MR) is 99.5 cm³/mol. The maximum atomic E-state index is 6.78. The van der Waals surface area contributed by atoms with E-state index in [-0.39, 0.29) is 0 Å². The van der Waals surface area contributed by atoms with Crippen molar-refractivity contribution in [3.8, 4) is 22.8 Å². The third-order valence-corrected chi connectivity index (χ3v) is 4.23. The first-order chi connectivity index (χ1) is 12.2. The van der Waals surface area contributed by atoms with Crippen LogP contribution in [-0.2, 0) is 6.54 Å². The molecule has 0 aliphatic rings. The fourth-order valence-electron chi connectivity index (χ4n) is 3.04. The second-order valence-corrected chi connectivity index (χ2v) is 5.64. The van der Waals surface area contributed by atoms with Crippen molar-refractivity contribution < 1.29 is 9.47 Å². The molecule has 6 heteroatoms. The second kappa shape index (κ2) is 7.25. The molecule has 3 aromatic rings. The molecule has 2 aromatic carbocycles. The minimum absolute atomic E-state index is 0.362. The normalized spacial score (nSPS) is 10.8. The average Bonchev–Trinajstić information content (AvgIpc) is 2.93. The number of fused-ring (bicyclic) bond motifs is 1. The summed E-state index contributed by atoms with van der Waals surface area (Å²) in [4.78, 5) is 0. The van der Waals surface area contributed by atoms with Gasteiger partial charge in [0.15, 0.2) is 0 Å². The van der Waals surface area contributed by atoms with Crippen molar-refractivity contribution in [2.24, 2.45) is 5.11 Å². The highest BCUT2D eigenvalue weighted by atomic mass is 16.5. The van der Waals surface area contributed by atoms with E-state index in [1.54, 1.807) is 7.11 Å². The molecule has 3 rings (SSSR count). The van der Waals surface area contributed by atoms with Crippen LogP contribution >= 0.6 is 0 Å². The van der Waals surface area contributed by atoms with Crippen molar-refractivity contribution in [2.75, 3.05) is 26.0 Å². The fraction of sp³-hybridized carbons (Fsp3) is 0.263. The number of hydrogen-bond acceptors (Lipinski definition) is 5. The van der Waals surface area contributed by atoms with Crippen LogP contribution in [-0.4, -0.2) is 24.8 Å². The Balaban J connectivity index is 2.02. The smallest absolute Gasteiger partial charge is 0.120 e. The summed E-state index contributed by atoms with van der Waals surface area (Å²) in [7, 11) is 1.66. The lowest BCUT2D eigenvalue weighted by atomic mass is 10.1. The van der Waals surface area contributed by atoms with Crippen molar-refractivity contribution >= 4 is 16.6 Å². The Hall–Kier alpha value is -3.02. The predicted octanol–water partition coefficient (Wildman–Crippen LogP) is 4.33. The monoisotopic (exact) mass is 338 g/mol. The number of aromatic nitrogens is 1. The Morgan fingerprint density at radius 3 is 2.48 bits per heavy atom. The number of ether oxygens (including phenoxy) is 2. The van der Waals surface area contributed by atoms with Crippen LogP contribution in [0.3, 0.4) is 0 Å². The van der Waals surface area contributed by atoms with Gasteiger partial charge in [0.1, 0.15) is 18.1 Å². The third-order valence-electron chi connectivity index (χ3n) is 4.23. The number of nitrogens with two attached hydrogens (primary N) is 1. The number of nitrogen functional groups attached to an aromatic ring is 1. The van der Waals surface area contributed by atoms with E-state index in [0.717, 1.165) is 45.9 Å². The molecule has 0 spiro atoms. The van der Waals surface area contributed by atoms with Gasteiger partial charge in [0.2, 0.25) is 0 Å². The Labute approximate surface area is 146 Å². The molecule has 0 atom stereocenters. The molecule has 0 fully saturated rings. The lowest BCUT2D eigenvalue weighted by Gasteiger charge is -2.10. The van der Waals surface area contributed by atoms with E-state index in [4.69, 9.17) is 20.7 Å². The summed E-state index contributed by atoms with van der Waals surface area (Å²) >= 11 is 0. The Kier molecular flexibility index (Phi) is 4.88. The van der Waals surface area contributed by atoms with Gasteiger partial charge in [0, 0.05) is 23.6 Å². The van der Waals surface area contributed by atoms with Gasteiger partial charge in [0.25, 0.3) is 0 Å². The van der Waals surface area contributed by atoms with Crippen molar-refractivity contribution in [3.63, 3.8) is 0 Å². The molecule has 0 saturated heterocycles. The molecule has 6 nitrogen and oxygen atoms in total. The summed E-state index contributed by atoms with van der Waals surface area (Å²) in [5, 5.41) is 4.31. The molecule has 0 aliphatic heterocycles. The first-order valence-corrected chi connectivity index (χ1v) is 8.21. The molecule has 1 heterocycles. The van der Waals surface area contributed by atoms with Gasteiger partial charge in [-0.3, -0.25) is 0 Å². The van der Waals surface area contributed by atoms with Crippen LogP contribution in [0.25, 0.3) is 22.2 Å². The number of methoxy groups -OCH3 is 1. The maximum absolute atomic E-state index is 6.78. The number of nitrogens with one attached hydrogen (secondary N) is 1. The van der Waals surface area contributed by atoms with Gasteiger partial charge in [0.05, 0.1) is 30.6 Å². The van der Waals surface area contributed by atoms with E-state index < -0.39 is 0 Å². The van der Waals surface area contributed by atoms with Crippen LogP contribution in [0.1, 0.15) is 6.92 Å². The van der Waals surface area contributed by atoms with Crippen LogP contribution in [0.15, 0.2) is 47.6 Å². The molecule has 0 saturated carbocycles. The first-order valence-electron chi connectivity index (χ1n) is 8.21. The second-order valence-electron chi connectivity index (χ2n) is 5.64. The quantitative estimate of drug-likeness (QED) is 0.496. The number of aryl methyl sites for hydroxylation is 1. The topological polar surface area (TPSA) is 85.6 Å². The van der Waals surface area contributed by atoms with Gasteiger partial charge in [-0.15, -0.1) is 0 Å². The van der Waals surface area contributed by atoms with Crippen molar-refractivity contribution in [3.05, 3.63) is 42.5 Å². The highest BCUT2D eigenvalue weighted by molar-refractivity contribution is 6.01. The SMILES string of the molecule is CCn1c(-c2ccc(OCCN=N)cc2)c(N)c2ccc(OC)cc21. The van der Waals surface area contributed by atoms with Crippen molar-refractivity contribution in [1.29, 1.82) is 5.53 Å². The highest BCUT2D eigenvalue weighted by Crippen LogP contribution is 2.38. The summed E-state index contributed by atoms with van der Waals surface area (Å²) in [6, 6.07) is 13.8. The van der Waals surface area contributed by atoms with Crippen LogP contribution in [0.5, 0.6) is 11.5 Å². The molecule has 130 valence electrons. The molecule has 25 heavy (non-hydrogen) atoms. The Morgan fingerprint density at radius 2 is 1.84 bits per heavy atom. The molecule has 0 bridgehead atoms. The molecule has 0 radical (unpaired) electrons. The van der Waals surface area contributed by atoms with Crippen molar-refractivity contribution in [1.82, 2.24) is 4.57 Å². The van der Waals surface area contributed by atoms with Crippen LogP contribution in [0.4, 0.5) is 5.69 Å². The Morgan fingerprint density at radius 1 is 1.12 bits per heavy atom. The molecule has 1 aromatic heterocycles. The van der Waals surface area contributed by atoms with Gasteiger partial charge >= 0.3 is 0 Å². The molecule has 0 unspecified atom stereocenters. The average molecular weight is 338 g/mol. The highest BCUT2D eigenvalue weighted by Gasteiger charge is 2.16. The zero-order chi connectivity index (χ0) is 17.8. The van der Waals surface area contributed by atoms with Crippen LogP contribution in [0.2, 0.25) is 0 Å². The number of benzene rings is 2. The lowest BCUT2D eigenvalue weighted by molar-refractivity contribution is 0.325. The van der Waals surface area contributed by atoms with E-state index >= 15 is 0 Å². The van der Waals surface area contributed by atoms with E-state index in [1.165, 1.54) is 0 Å². The minimum atomic E-state index is 0.362. The number of anilines is 1. The molecule has 3 N–H and O–H groups in total. The summed E-state index contributed by atoms with van der Waals surface area (Å²) < 4.78 is 13.1. The number of hydrogen-bond donors (Lipinski definition) is 2. The largest absolute Gasteiger partial charge is 0.497 e. The maximum Gasteiger partial charge on any atom is 0.120 e. The lowest BCUT2D eigenvalue weighted by Crippen LogP contribution is -2.01. The zero-order valence-electron chi connectivity index (χ0n) is 14.5. The van der Waals surface area contributed by atoms with Gasteiger partial charge in [-0.1, -0.05) is 0 Å². The van der Waals surface area contributed by atoms with Crippen LogP contribution < -0.4 is 15.2 Å². The van der Waals surface area contributed by atoms with Crippen LogP contribution in [0, 0.1) is 5.53 Å². The van der Waals surface area contributed by atoms with Gasteiger partial charge < -0.3 is 19.8 Å². The van der Waals surface area contributed by atoms with E-state index in [0.29, 0.717) is 13.2 Å². The van der Waals surface area contributed by atoms with E-state index in [9.17, 15) is 0 Å². The fourth-order valence-corrected chi connectivity index (χ4v) is 3.04. The zero-order valence-corrected chi connectivity index (χ0v) is 14.5. The van der Waals surface area contributed by atoms with Gasteiger partial charge in [-0.05, 0) is 43.3 Å². The van der Waals surface area contributed by atoms with E-state index in [1.807, 2.05) is 42.5 Å². The summed E-state index contributed by atoms with van der Waals surface area (Å²) in [5.74, 6) is 1.57. The molecular weight excluding hydrogens is 316 g/mol. The minimum Gasteiger partial charge on any atom is -0.497 e. The van der Waals surface area contributed by atoms with E-state index in [2.05, 4.69) is 16.6 Å². The number of rotatable bonds is 7. The summed E-state index contributed by atoms with van der Waals surface area (Å²) in [6.45, 7) is 3.67. The summed E-state index contributed by atoms with van der Waals surface area (Å²) in [6.07, 6.45) is 0. The van der Waals surface area contributed by atoms with Gasteiger partial charge in [-0.2, -0.15) is 5.11 Å². The molecule has 0 amide bonds. The van der Waals surface area contributed by atoms with Crippen molar-refractivity contribution in [2.45, 2.75) is 13.5 Å². The number of nitrogens with zero attached hydrogens (tertiary/aromatic N) is 2. The molecular formula is C19H22N4O2. The summed E-state index contributed by atoms with van der Waals surface area (Å²) in [5.41, 5.74) is 17.1. The van der Waals surface area contributed by atoms with Gasteiger partial charge in [-0.25, -0.2) is 5.53 Å². The third kappa shape index (κ3) is 3.15. The first kappa shape index (κ1) is 16.8. The standard InChI is InChI=1S/C19H22N4O2/c1-3-23-17-12-15(24-2)8-9-16(17)18(20)19(23)13-4-6-14(7-5-13)25-11-10-22-21/h4-9,12,21H,3,10-11,20H2,1-2H3.